The SMILES string of the molecule is Cc1ccc2nc3c(nc2c1)-c1ccccc1C3(C)C. The molecule has 0 unspecified atom stereocenters. The lowest BCUT2D eigenvalue weighted by Crippen LogP contribution is -2.17. The molecule has 0 spiro atoms. The van der Waals surface area contributed by atoms with Crippen molar-refractivity contribution in [2.45, 2.75) is 26.2 Å². The average Bonchev–Trinajstić information content (AvgIpc) is 2.66. The molecular formula is C18H16N2. The van der Waals surface area contributed by atoms with Gasteiger partial charge in [-0.3, -0.25) is 0 Å². The minimum atomic E-state index is -0.0714. The number of aromatic nitrogens is 2. The molecule has 1 aliphatic rings. The topological polar surface area (TPSA) is 25.8 Å². The summed E-state index contributed by atoms with van der Waals surface area (Å²) < 4.78 is 0. The van der Waals surface area contributed by atoms with Crippen molar-refractivity contribution in [3.63, 3.8) is 0 Å². The van der Waals surface area contributed by atoms with Gasteiger partial charge in [0.05, 0.1) is 22.4 Å². The Balaban J connectivity index is 2.12. The normalized spacial score (nSPS) is 15.2. The number of rotatable bonds is 0. The second-order valence-electron chi connectivity index (χ2n) is 6.08. The highest BCUT2D eigenvalue weighted by atomic mass is 14.9. The number of nitrogens with zero attached hydrogens (tertiary/aromatic N) is 2. The molecule has 0 saturated carbocycles. The Hall–Kier alpha value is -2.22. The fraction of sp³-hybridized carbons (Fsp3) is 0.222. The lowest BCUT2D eigenvalue weighted by atomic mass is 9.85. The Kier molecular flexibility index (Phi) is 2.12. The minimum absolute atomic E-state index is 0.0714. The third kappa shape index (κ3) is 1.39. The summed E-state index contributed by atoms with van der Waals surface area (Å²) in [5.41, 5.74) is 7.80. The van der Waals surface area contributed by atoms with Crippen LogP contribution in [0.2, 0.25) is 0 Å². The largest absolute Gasteiger partial charge is 0.248 e. The summed E-state index contributed by atoms with van der Waals surface area (Å²) in [4.78, 5) is 9.79. The van der Waals surface area contributed by atoms with Crippen molar-refractivity contribution in [2.75, 3.05) is 0 Å². The maximum Gasteiger partial charge on any atom is 0.0937 e. The van der Waals surface area contributed by atoms with E-state index in [1.165, 1.54) is 16.7 Å². The van der Waals surface area contributed by atoms with E-state index in [0.717, 1.165) is 22.4 Å². The van der Waals surface area contributed by atoms with Crippen LogP contribution in [0.25, 0.3) is 22.3 Å². The average molecular weight is 260 g/mol. The molecule has 2 heteroatoms. The van der Waals surface area contributed by atoms with E-state index in [1.54, 1.807) is 0 Å². The second kappa shape index (κ2) is 3.66. The van der Waals surface area contributed by atoms with Gasteiger partial charge in [0.2, 0.25) is 0 Å². The van der Waals surface area contributed by atoms with Crippen LogP contribution in [0.1, 0.15) is 30.7 Å². The molecule has 1 heterocycles. The van der Waals surface area contributed by atoms with E-state index in [4.69, 9.17) is 9.97 Å². The standard InChI is InChI=1S/C18H16N2/c1-11-8-9-14-15(10-11)19-16-12-6-4-5-7-13(12)18(2,3)17(16)20-14/h4-10H,1-3H3. The van der Waals surface area contributed by atoms with E-state index < -0.39 is 0 Å². The monoisotopic (exact) mass is 260 g/mol. The van der Waals surface area contributed by atoms with Gasteiger partial charge in [-0.25, -0.2) is 9.97 Å². The van der Waals surface area contributed by atoms with Gasteiger partial charge in [-0.1, -0.05) is 44.2 Å². The third-order valence-electron chi connectivity index (χ3n) is 4.27. The molecule has 1 aromatic heterocycles. The van der Waals surface area contributed by atoms with E-state index in [9.17, 15) is 0 Å². The smallest absolute Gasteiger partial charge is 0.0937 e. The lowest BCUT2D eigenvalue weighted by Gasteiger charge is -2.19. The molecule has 0 saturated heterocycles. The van der Waals surface area contributed by atoms with E-state index in [-0.39, 0.29) is 5.41 Å². The first-order valence-corrected chi connectivity index (χ1v) is 6.96. The van der Waals surface area contributed by atoms with Gasteiger partial charge in [-0.15, -0.1) is 0 Å². The van der Waals surface area contributed by atoms with Crippen molar-refractivity contribution in [1.82, 2.24) is 9.97 Å². The quantitative estimate of drug-likeness (QED) is 0.604. The van der Waals surface area contributed by atoms with Crippen LogP contribution in [0, 0.1) is 6.92 Å². The van der Waals surface area contributed by atoms with Gasteiger partial charge in [-0.2, -0.15) is 0 Å². The van der Waals surface area contributed by atoms with E-state index in [0.29, 0.717) is 0 Å². The number of aryl methyl sites for hydroxylation is 1. The number of fused-ring (bicyclic) bond motifs is 4. The van der Waals surface area contributed by atoms with Crippen LogP contribution < -0.4 is 0 Å². The first-order valence-electron chi connectivity index (χ1n) is 6.96. The molecule has 0 atom stereocenters. The summed E-state index contributed by atoms with van der Waals surface area (Å²) in [6.07, 6.45) is 0. The molecule has 0 aliphatic heterocycles. The van der Waals surface area contributed by atoms with E-state index >= 15 is 0 Å². The highest BCUT2D eigenvalue weighted by molar-refractivity contribution is 5.84. The predicted octanol–water partition coefficient (Wildman–Crippen LogP) is 4.24. The van der Waals surface area contributed by atoms with Crippen LogP contribution in [-0.4, -0.2) is 9.97 Å². The molecule has 0 fully saturated rings. The Morgan fingerprint density at radius 1 is 0.900 bits per heavy atom. The van der Waals surface area contributed by atoms with Gasteiger partial charge in [0.15, 0.2) is 0 Å². The number of hydrogen-bond donors (Lipinski definition) is 0. The van der Waals surface area contributed by atoms with Crippen LogP contribution in [0.5, 0.6) is 0 Å². The molecule has 4 rings (SSSR count). The molecule has 3 aromatic rings. The molecule has 98 valence electrons. The van der Waals surface area contributed by atoms with Gasteiger partial charge in [-0.05, 0) is 30.2 Å². The van der Waals surface area contributed by atoms with Crippen molar-refractivity contribution in [3.8, 4) is 11.3 Å². The van der Waals surface area contributed by atoms with Crippen molar-refractivity contribution in [2.24, 2.45) is 0 Å². The first kappa shape index (κ1) is 11.6. The number of hydrogen-bond acceptors (Lipinski definition) is 2. The maximum atomic E-state index is 4.90. The van der Waals surface area contributed by atoms with Gasteiger partial charge < -0.3 is 0 Å². The summed E-state index contributed by atoms with van der Waals surface area (Å²) >= 11 is 0. The van der Waals surface area contributed by atoms with Crippen LogP contribution in [0.3, 0.4) is 0 Å². The van der Waals surface area contributed by atoms with E-state index in [2.05, 4.69) is 63.2 Å². The van der Waals surface area contributed by atoms with Crippen molar-refractivity contribution >= 4 is 11.0 Å². The summed E-state index contributed by atoms with van der Waals surface area (Å²) in [5.74, 6) is 0. The Morgan fingerprint density at radius 3 is 2.55 bits per heavy atom. The van der Waals surface area contributed by atoms with Crippen LogP contribution in [0.15, 0.2) is 42.5 Å². The molecule has 0 N–H and O–H groups in total. The first-order chi connectivity index (χ1) is 9.57. The zero-order valence-electron chi connectivity index (χ0n) is 11.9. The Bertz CT molecular complexity index is 847. The summed E-state index contributed by atoms with van der Waals surface area (Å²) in [5, 5.41) is 0. The van der Waals surface area contributed by atoms with Crippen LogP contribution in [-0.2, 0) is 5.41 Å². The fourth-order valence-electron chi connectivity index (χ4n) is 3.15. The highest BCUT2D eigenvalue weighted by Gasteiger charge is 2.37. The molecule has 1 aliphatic carbocycles. The van der Waals surface area contributed by atoms with Gasteiger partial charge >= 0.3 is 0 Å². The Morgan fingerprint density at radius 2 is 1.70 bits per heavy atom. The molecule has 0 radical (unpaired) electrons. The van der Waals surface area contributed by atoms with Crippen LogP contribution >= 0.6 is 0 Å². The van der Waals surface area contributed by atoms with Gasteiger partial charge in [0.25, 0.3) is 0 Å². The minimum Gasteiger partial charge on any atom is -0.248 e. The summed E-state index contributed by atoms with van der Waals surface area (Å²) in [7, 11) is 0. The van der Waals surface area contributed by atoms with E-state index in [1.807, 2.05) is 0 Å². The maximum absolute atomic E-state index is 4.90. The highest BCUT2D eigenvalue weighted by Crippen LogP contribution is 2.46. The zero-order chi connectivity index (χ0) is 13.9. The van der Waals surface area contributed by atoms with Crippen molar-refractivity contribution in [3.05, 3.63) is 59.3 Å². The predicted molar refractivity (Wildman–Crippen MR) is 81.8 cm³/mol. The summed E-state index contributed by atoms with van der Waals surface area (Å²) in [6, 6.07) is 14.8. The fourth-order valence-corrected chi connectivity index (χ4v) is 3.15. The van der Waals surface area contributed by atoms with Crippen molar-refractivity contribution < 1.29 is 0 Å². The summed E-state index contributed by atoms with van der Waals surface area (Å²) in [6.45, 7) is 6.55. The molecule has 20 heavy (non-hydrogen) atoms. The van der Waals surface area contributed by atoms with Crippen molar-refractivity contribution in [1.29, 1.82) is 0 Å². The molecule has 0 amide bonds. The number of benzene rings is 2. The third-order valence-corrected chi connectivity index (χ3v) is 4.27. The lowest BCUT2D eigenvalue weighted by molar-refractivity contribution is 0.638. The molecular weight excluding hydrogens is 244 g/mol. The Labute approximate surface area is 118 Å². The molecule has 2 nitrogen and oxygen atoms in total. The second-order valence-corrected chi connectivity index (χ2v) is 6.08. The van der Waals surface area contributed by atoms with Gasteiger partial charge in [0.1, 0.15) is 0 Å². The zero-order valence-corrected chi connectivity index (χ0v) is 11.9. The molecule has 0 bridgehead atoms. The molecule has 2 aromatic carbocycles. The van der Waals surface area contributed by atoms with Gasteiger partial charge in [0, 0.05) is 11.0 Å². The van der Waals surface area contributed by atoms with Crippen LogP contribution in [0.4, 0.5) is 0 Å².